The molecule has 0 bridgehead atoms. The van der Waals surface area contributed by atoms with Crippen LogP contribution in [0.2, 0.25) is 0 Å². The molecule has 0 heterocycles. The Balaban J connectivity index is -0.000000169. The van der Waals surface area contributed by atoms with Crippen molar-refractivity contribution in [3.63, 3.8) is 0 Å². The molecule has 0 amide bonds. The van der Waals surface area contributed by atoms with E-state index < -0.39 is 28.8 Å². The molecule has 0 fully saturated rings. The van der Waals surface area contributed by atoms with E-state index in [0.717, 1.165) is 12.1 Å². The molecule has 0 aromatic heterocycles. The average molecular weight is 499 g/mol. The van der Waals surface area contributed by atoms with E-state index >= 15 is 0 Å². The molecule has 11 heteroatoms. The largest absolute Gasteiger partial charge is 4.00 e. The second-order valence-electron chi connectivity index (χ2n) is 3.80. The molecule has 1 rings (SSSR count). The van der Waals surface area contributed by atoms with Crippen LogP contribution < -0.4 is 4.40 Å². The number of alkyl halides is 6. The van der Waals surface area contributed by atoms with Crippen LogP contribution in [0.1, 0.15) is 20.8 Å². The average Bonchev–Trinajstić information content (AvgIpc) is 2.81. The van der Waals surface area contributed by atoms with Gasteiger partial charge in [0.2, 0.25) is 0 Å². The third-order valence-corrected chi connectivity index (χ3v) is 6.63. The second kappa shape index (κ2) is 18.0. The number of hydrogen-bond acceptors (Lipinski definition) is 0. The van der Waals surface area contributed by atoms with Gasteiger partial charge in [-0.15, -0.1) is 0 Å². The normalized spacial score (nSPS) is 10.2. The Morgan fingerprint density at radius 1 is 0.750 bits per heavy atom. The summed E-state index contributed by atoms with van der Waals surface area (Å²) in [5, 5.41) is -10.2. The molecule has 0 aliphatic heterocycles. The van der Waals surface area contributed by atoms with Crippen molar-refractivity contribution in [1.29, 1.82) is 0 Å². The van der Waals surface area contributed by atoms with Crippen LogP contribution in [0.3, 0.4) is 0 Å². The molecule has 1 aromatic rings. The Labute approximate surface area is 162 Å². The van der Waals surface area contributed by atoms with Crippen molar-refractivity contribution in [2.45, 2.75) is 30.8 Å². The first-order valence-corrected chi connectivity index (χ1v) is 10.4. The van der Waals surface area contributed by atoms with Gasteiger partial charge in [-0.25, -0.2) is 0 Å². The van der Waals surface area contributed by atoms with E-state index in [1.165, 1.54) is 12.1 Å². The molecular formula is C13H23F6GeN3Zr. The molecule has 24 heavy (non-hydrogen) atoms. The molecular weight excluding hydrogens is 476 g/mol. The quantitative estimate of drug-likeness (QED) is 0.289. The van der Waals surface area contributed by atoms with E-state index in [4.69, 9.17) is 17.2 Å². The van der Waals surface area contributed by atoms with Crippen LogP contribution in [0.4, 0.5) is 26.3 Å². The van der Waals surface area contributed by atoms with Crippen molar-refractivity contribution >= 4 is 18.7 Å². The Kier molecular flexibility index (Phi) is 24.0. The van der Waals surface area contributed by atoms with Gasteiger partial charge in [-0.2, -0.15) is 19.6 Å². The maximum absolute atomic E-state index is 12.1. The van der Waals surface area contributed by atoms with Crippen LogP contribution in [0.15, 0.2) is 24.3 Å². The summed E-state index contributed by atoms with van der Waals surface area (Å²) in [5.74, 6) is 0. The maximum Gasteiger partial charge on any atom is 4.00 e. The minimum absolute atomic E-state index is 0. The van der Waals surface area contributed by atoms with Gasteiger partial charge in [0.15, 0.2) is 0 Å². The predicted molar refractivity (Wildman–Crippen MR) is 85.5 cm³/mol. The van der Waals surface area contributed by atoms with Gasteiger partial charge in [0.1, 0.15) is 0 Å². The Bertz CT molecular complexity index is 326. The Hall–Kier alpha value is 0.236. The van der Waals surface area contributed by atoms with E-state index in [2.05, 4.69) is 0 Å². The van der Waals surface area contributed by atoms with Gasteiger partial charge < -0.3 is 17.2 Å². The number of nitrogens with one attached hydrogen (secondary N) is 3. The molecule has 0 saturated carbocycles. The molecule has 0 spiro atoms. The Morgan fingerprint density at radius 2 is 0.958 bits per heavy atom. The number of halogens is 6. The van der Waals surface area contributed by atoms with Crippen LogP contribution in [0.25, 0.3) is 17.2 Å². The van der Waals surface area contributed by atoms with Gasteiger partial charge in [-0.3, -0.25) is 0 Å². The summed E-state index contributed by atoms with van der Waals surface area (Å²) < 4.78 is 72.3. The maximum atomic E-state index is 12.1. The first-order valence-electron chi connectivity index (χ1n) is 6.76. The van der Waals surface area contributed by atoms with E-state index in [-0.39, 0.29) is 26.2 Å². The summed E-state index contributed by atoms with van der Waals surface area (Å²) in [4.78, 5) is 0. The monoisotopic (exact) mass is 499 g/mol. The van der Waals surface area contributed by atoms with Crippen LogP contribution in [-0.4, -0.2) is 44.0 Å². The van der Waals surface area contributed by atoms with Crippen molar-refractivity contribution in [3.8, 4) is 0 Å². The fourth-order valence-electron chi connectivity index (χ4n) is 1.14. The molecule has 0 aliphatic carbocycles. The smallest absolute Gasteiger partial charge is 4.00 e. The fraction of sp³-hybridized carbons (Fsp3) is 0.615. The zero-order valence-corrected chi connectivity index (χ0v) is 18.7. The summed E-state index contributed by atoms with van der Waals surface area (Å²) in [5.41, 5.74) is 18.6. The van der Waals surface area contributed by atoms with E-state index in [1.54, 1.807) is 20.8 Å². The van der Waals surface area contributed by atoms with Gasteiger partial charge in [-0.1, -0.05) is 20.8 Å². The predicted octanol–water partition coefficient (Wildman–Crippen LogP) is 5.22. The molecule has 0 radical (unpaired) electrons. The van der Waals surface area contributed by atoms with Crippen molar-refractivity contribution in [3.05, 3.63) is 41.5 Å². The minimum atomic E-state index is -5.46. The fourth-order valence-corrected chi connectivity index (χ4v) is 4.78. The summed E-state index contributed by atoms with van der Waals surface area (Å²) in [6.07, 6.45) is 0. The van der Waals surface area contributed by atoms with Crippen LogP contribution >= 0.6 is 0 Å². The van der Waals surface area contributed by atoms with Crippen molar-refractivity contribution in [2.75, 3.05) is 19.6 Å². The van der Waals surface area contributed by atoms with Crippen molar-refractivity contribution < 1.29 is 52.5 Å². The van der Waals surface area contributed by atoms with Crippen molar-refractivity contribution in [2.24, 2.45) is 0 Å². The standard InChI is InChI=1S/C7H5F6Ge.3C2H6N.Zr/c8-6(9,10)14(7(11,12)13)5-3-1-2-4-5;3*1-2-3;/h1-4,14H;3*3H,2H2,1H3;/q4*-1;+4. The first kappa shape index (κ1) is 32.0. The molecule has 0 saturated heterocycles. The molecule has 0 unspecified atom stereocenters. The third-order valence-electron chi connectivity index (χ3n) is 1.68. The van der Waals surface area contributed by atoms with E-state index in [1.807, 2.05) is 0 Å². The summed E-state index contributed by atoms with van der Waals surface area (Å²) in [7, 11) is 0. The van der Waals surface area contributed by atoms with Gasteiger partial charge in [0.05, 0.1) is 0 Å². The summed E-state index contributed by atoms with van der Waals surface area (Å²) >= 11 is -5.46. The van der Waals surface area contributed by atoms with Gasteiger partial charge in [-0.05, 0) is 0 Å². The van der Waals surface area contributed by atoms with Crippen molar-refractivity contribution in [1.82, 2.24) is 0 Å². The third kappa shape index (κ3) is 18.6. The molecule has 0 atom stereocenters. The number of hydrogen-bond donors (Lipinski definition) is 0. The second-order valence-corrected chi connectivity index (χ2v) is 9.76. The zero-order chi connectivity index (χ0) is 19.1. The molecule has 1 aromatic carbocycles. The summed E-state index contributed by atoms with van der Waals surface area (Å²) in [6.45, 7) is 6.88. The zero-order valence-electron chi connectivity index (χ0n) is 13.8. The van der Waals surface area contributed by atoms with Gasteiger partial charge in [0, 0.05) is 0 Å². The minimum Gasteiger partial charge on any atom is 4.00 e. The SMILES string of the molecule is CC[NH-].CC[NH-].CC[NH-].F[C](F)(F)[GeH]([c-]1cccc1)[C](F)(F)F.[Zr+4]. The molecule has 3 N–H and O–H groups in total. The van der Waals surface area contributed by atoms with Crippen LogP contribution in [-0.2, 0) is 26.2 Å². The summed E-state index contributed by atoms with van der Waals surface area (Å²) in [6, 6.07) is 4.16. The van der Waals surface area contributed by atoms with Gasteiger partial charge >= 0.3 is 106 Å². The topological polar surface area (TPSA) is 71.4 Å². The first-order chi connectivity index (χ1) is 10.5. The van der Waals surface area contributed by atoms with Crippen LogP contribution in [0.5, 0.6) is 0 Å². The number of rotatable bonds is 1. The molecule has 3 nitrogen and oxygen atoms in total. The Morgan fingerprint density at radius 3 is 1.12 bits per heavy atom. The van der Waals surface area contributed by atoms with E-state index in [9.17, 15) is 26.3 Å². The van der Waals surface area contributed by atoms with Crippen LogP contribution in [0, 0.1) is 0 Å². The van der Waals surface area contributed by atoms with E-state index in [0.29, 0.717) is 19.6 Å². The molecule has 140 valence electrons. The molecule has 0 aliphatic rings. The van der Waals surface area contributed by atoms with Gasteiger partial charge in [0.25, 0.3) is 0 Å².